The zero-order chi connectivity index (χ0) is 16.2. The van der Waals surface area contributed by atoms with Crippen molar-refractivity contribution < 1.29 is 4.79 Å². The van der Waals surface area contributed by atoms with Gasteiger partial charge in [-0.3, -0.25) is 9.69 Å². The molecule has 3 nitrogen and oxygen atoms in total. The van der Waals surface area contributed by atoms with Crippen molar-refractivity contribution in [1.29, 1.82) is 0 Å². The molecule has 0 aromatic heterocycles. The summed E-state index contributed by atoms with van der Waals surface area (Å²) >= 11 is 0. The predicted octanol–water partition coefficient (Wildman–Crippen LogP) is 3.05. The monoisotopic (exact) mass is 308 g/mol. The molecule has 0 N–H and O–H groups in total. The van der Waals surface area contributed by atoms with E-state index in [-0.39, 0.29) is 11.9 Å². The highest BCUT2D eigenvalue weighted by molar-refractivity contribution is 5.79. The minimum atomic E-state index is 0.225. The van der Waals surface area contributed by atoms with Crippen LogP contribution in [-0.2, 0) is 11.2 Å². The number of rotatable bonds is 3. The largest absolute Gasteiger partial charge is 0.339 e. The molecule has 1 amide bonds. The third-order valence-corrected chi connectivity index (χ3v) is 4.66. The van der Waals surface area contributed by atoms with E-state index < -0.39 is 0 Å². The minimum absolute atomic E-state index is 0.225. The lowest BCUT2D eigenvalue weighted by Gasteiger charge is -2.39. The van der Waals surface area contributed by atoms with Crippen LogP contribution in [0.1, 0.15) is 22.7 Å². The summed E-state index contributed by atoms with van der Waals surface area (Å²) in [5.41, 5.74) is 3.60. The lowest BCUT2D eigenvalue weighted by Crippen LogP contribution is -2.49. The van der Waals surface area contributed by atoms with E-state index in [2.05, 4.69) is 67.4 Å². The molecule has 3 heteroatoms. The average Bonchev–Trinajstić information content (AvgIpc) is 2.58. The number of amides is 1. The molecule has 0 aliphatic carbocycles. The van der Waals surface area contributed by atoms with Crippen LogP contribution < -0.4 is 0 Å². The van der Waals surface area contributed by atoms with Crippen molar-refractivity contribution in [2.45, 2.75) is 19.4 Å². The van der Waals surface area contributed by atoms with Gasteiger partial charge in [0.1, 0.15) is 0 Å². The number of carbonyl (C=O) groups excluding carboxylic acids is 1. The van der Waals surface area contributed by atoms with Gasteiger partial charge in [-0.15, -0.1) is 0 Å². The first-order chi connectivity index (χ1) is 11.1. The molecular formula is C20H24N2O. The molecule has 23 heavy (non-hydrogen) atoms. The van der Waals surface area contributed by atoms with E-state index in [0.717, 1.165) is 25.2 Å². The van der Waals surface area contributed by atoms with Gasteiger partial charge in [0.2, 0.25) is 5.91 Å². The summed E-state index contributed by atoms with van der Waals surface area (Å²) in [6.45, 7) is 4.56. The lowest BCUT2D eigenvalue weighted by molar-refractivity contribution is -0.133. The lowest BCUT2D eigenvalue weighted by atomic mass is 10.0. The smallest absolute Gasteiger partial charge is 0.227 e. The summed E-state index contributed by atoms with van der Waals surface area (Å²) in [5, 5.41) is 0. The number of hydrogen-bond acceptors (Lipinski definition) is 2. The standard InChI is InChI=1S/C20H24N2O/c1-16-8-10-17(11-9-16)14-20(23)22-13-12-21(2)19(15-22)18-6-4-3-5-7-18/h3-11,19H,12-15H2,1-2H3. The van der Waals surface area contributed by atoms with E-state index in [1.54, 1.807) is 0 Å². The molecule has 0 spiro atoms. The maximum Gasteiger partial charge on any atom is 0.227 e. The first-order valence-corrected chi connectivity index (χ1v) is 8.22. The molecule has 0 bridgehead atoms. The molecule has 0 saturated carbocycles. The van der Waals surface area contributed by atoms with E-state index in [1.807, 2.05) is 11.0 Å². The first kappa shape index (κ1) is 15.8. The van der Waals surface area contributed by atoms with Crippen LogP contribution in [-0.4, -0.2) is 42.4 Å². The van der Waals surface area contributed by atoms with Crippen molar-refractivity contribution in [2.75, 3.05) is 26.7 Å². The molecule has 2 aromatic carbocycles. The number of carbonyl (C=O) groups is 1. The van der Waals surface area contributed by atoms with Gasteiger partial charge in [0, 0.05) is 19.6 Å². The normalized spacial score (nSPS) is 18.9. The van der Waals surface area contributed by atoms with Gasteiger partial charge in [0.25, 0.3) is 0 Å². The molecule has 3 rings (SSSR count). The second-order valence-electron chi connectivity index (χ2n) is 6.41. The third-order valence-electron chi connectivity index (χ3n) is 4.66. The van der Waals surface area contributed by atoms with Crippen LogP contribution in [0.4, 0.5) is 0 Å². The zero-order valence-electron chi connectivity index (χ0n) is 13.9. The average molecular weight is 308 g/mol. The molecule has 120 valence electrons. The second kappa shape index (κ2) is 6.97. The quantitative estimate of drug-likeness (QED) is 0.870. The van der Waals surface area contributed by atoms with E-state index >= 15 is 0 Å². The van der Waals surface area contributed by atoms with E-state index in [4.69, 9.17) is 0 Å². The molecular weight excluding hydrogens is 284 g/mol. The minimum Gasteiger partial charge on any atom is -0.339 e. The van der Waals surface area contributed by atoms with Crippen molar-refractivity contribution in [2.24, 2.45) is 0 Å². The molecule has 1 aliphatic heterocycles. The second-order valence-corrected chi connectivity index (χ2v) is 6.41. The highest BCUT2D eigenvalue weighted by atomic mass is 16.2. The maximum atomic E-state index is 12.6. The molecule has 1 heterocycles. The van der Waals surface area contributed by atoms with Crippen LogP contribution in [0, 0.1) is 6.92 Å². The summed E-state index contributed by atoms with van der Waals surface area (Å²) in [6, 6.07) is 19.0. The third kappa shape index (κ3) is 3.80. The fraction of sp³-hybridized carbons (Fsp3) is 0.350. The fourth-order valence-electron chi connectivity index (χ4n) is 3.13. The van der Waals surface area contributed by atoms with Gasteiger partial charge < -0.3 is 4.90 Å². The number of aryl methyl sites for hydroxylation is 1. The SMILES string of the molecule is Cc1ccc(CC(=O)N2CCN(C)C(c3ccccc3)C2)cc1. The van der Waals surface area contributed by atoms with Crippen LogP contribution in [0.3, 0.4) is 0 Å². The topological polar surface area (TPSA) is 23.6 Å². The Morgan fingerprint density at radius 2 is 1.74 bits per heavy atom. The molecule has 0 radical (unpaired) electrons. The predicted molar refractivity (Wildman–Crippen MR) is 93.3 cm³/mol. The Morgan fingerprint density at radius 1 is 1.04 bits per heavy atom. The number of nitrogens with zero attached hydrogens (tertiary/aromatic N) is 2. The molecule has 1 atom stereocenters. The number of likely N-dealkylation sites (N-methyl/N-ethyl adjacent to an activating group) is 1. The van der Waals surface area contributed by atoms with Crippen molar-refractivity contribution in [3.63, 3.8) is 0 Å². The van der Waals surface area contributed by atoms with Crippen molar-refractivity contribution >= 4 is 5.91 Å². The van der Waals surface area contributed by atoms with Crippen molar-refractivity contribution in [3.05, 3.63) is 71.3 Å². The molecule has 1 saturated heterocycles. The fourth-order valence-corrected chi connectivity index (χ4v) is 3.13. The number of benzene rings is 2. The highest BCUT2D eigenvalue weighted by Gasteiger charge is 2.28. The Balaban J connectivity index is 1.68. The summed E-state index contributed by atoms with van der Waals surface area (Å²) in [6.07, 6.45) is 0.492. The summed E-state index contributed by atoms with van der Waals surface area (Å²) in [7, 11) is 2.14. The van der Waals surface area contributed by atoms with Crippen molar-refractivity contribution in [3.8, 4) is 0 Å². The van der Waals surface area contributed by atoms with Crippen LogP contribution in [0.15, 0.2) is 54.6 Å². The Labute approximate surface area is 138 Å². The van der Waals surface area contributed by atoms with Crippen LogP contribution >= 0.6 is 0 Å². The highest BCUT2D eigenvalue weighted by Crippen LogP contribution is 2.24. The molecule has 1 aliphatic rings. The van der Waals surface area contributed by atoms with Gasteiger partial charge in [-0.1, -0.05) is 60.2 Å². The van der Waals surface area contributed by atoms with E-state index in [0.29, 0.717) is 6.42 Å². The summed E-state index contributed by atoms with van der Waals surface area (Å²) < 4.78 is 0. The van der Waals surface area contributed by atoms with Gasteiger partial charge in [-0.2, -0.15) is 0 Å². The van der Waals surface area contributed by atoms with Gasteiger partial charge in [-0.05, 0) is 25.1 Å². The van der Waals surface area contributed by atoms with Crippen LogP contribution in [0.25, 0.3) is 0 Å². The summed E-state index contributed by atoms with van der Waals surface area (Å²) in [4.78, 5) is 17.0. The summed E-state index contributed by atoms with van der Waals surface area (Å²) in [5.74, 6) is 0.225. The van der Waals surface area contributed by atoms with E-state index in [1.165, 1.54) is 11.1 Å². The van der Waals surface area contributed by atoms with Gasteiger partial charge in [0.05, 0.1) is 12.5 Å². The Hall–Kier alpha value is -2.13. The Bertz CT molecular complexity index is 651. The van der Waals surface area contributed by atoms with E-state index in [9.17, 15) is 4.79 Å². The Kier molecular flexibility index (Phi) is 4.77. The zero-order valence-corrected chi connectivity index (χ0v) is 13.9. The maximum absolute atomic E-state index is 12.6. The molecule has 1 fully saturated rings. The number of piperazine rings is 1. The van der Waals surface area contributed by atoms with Crippen LogP contribution in [0.2, 0.25) is 0 Å². The van der Waals surface area contributed by atoms with Crippen LogP contribution in [0.5, 0.6) is 0 Å². The van der Waals surface area contributed by atoms with Gasteiger partial charge >= 0.3 is 0 Å². The van der Waals surface area contributed by atoms with Crippen molar-refractivity contribution in [1.82, 2.24) is 9.80 Å². The number of hydrogen-bond donors (Lipinski definition) is 0. The molecule has 2 aromatic rings. The molecule has 1 unspecified atom stereocenters. The van der Waals surface area contributed by atoms with Gasteiger partial charge in [0.15, 0.2) is 0 Å². The Morgan fingerprint density at radius 3 is 2.43 bits per heavy atom. The van der Waals surface area contributed by atoms with Gasteiger partial charge in [-0.25, -0.2) is 0 Å². The first-order valence-electron chi connectivity index (χ1n) is 8.22.